The molecule has 5 nitrogen and oxygen atoms in total. The van der Waals surface area contributed by atoms with Gasteiger partial charge < -0.3 is 14.4 Å². The average molecular weight is 275 g/mol. The molecule has 108 valence electrons. The maximum Gasteiger partial charge on any atom is 0.119 e. The lowest BCUT2D eigenvalue weighted by molar-refractivity contribution is 0.0923. The van der Waals surface area contributed by atoms with E-state index in [0.717, 1.165) is 5.75 Å². The first kappa shape index (κ1) is 14.5. The van der Waals surface area contributed by atoms with Gasteiger partial charge in [0.2, 0.25) is 0 Å². The highest BCUT2D eigenvalue weighted by molar-refractivity contribution is 5.31. The summed E-state index contributed by atoms with van der Waals surface area (Å²) in [5.41, 5.74) is 1.39. The maximum absolute atomic E-state index is 9.86. The van der Waals surface area contributed by atoms with E-state index in [2.05, 4.69) is 43.1 Å². The molecule has 2 aromatic rings. The smallest absolute Gasteiger partial charge is 0.119 e. The molecule has 0 amide bonds. The van der Waals surface area contributed by atoms with Gasteiger partial charge >= 0.3 is 0 Å². The number of nitrogens with zero attached hydrogens (tertiary/aromatic N) is 3. The Bertz CT molecular complexity index is 515. The van der Waals surface area contributed by atoms with Crippen molar-refractivity contribution in [3.63, 3.8) is 0 Å². The lowest BCUT2D eigenvalue weighted by Gasteiger charge is -2.19. The van der Waals surface area contributed by atoms with Crippen molar-refractivity contribution in [3.05, 3.63) is 42.5 Å². The van der Waals surface area contributed by atoms with Crippen molar-refractivity contribution in [2.45, 2.75) is 38.8 Å². The number of ether oxygens (including phenoxy) is 1. The lowest BCUT2D eigenvalue weighted by Crippen LogP contribution is -2.23. The first-order chi connectivity index (χ1) is 9.45. The number of hydrogen-bond acceptors (Lipinski definition) is 4. The fourth-order valence-corrected chi connectivity index (χ4v) is 1.86. The number of aromatic nitrogens is 3. The molecular weight excluding hydrogens is 254 g/mol. The standard InChI is InChI=1S/C15H21N3O2/c1-15(2,3)12-4-6-14(7-5-12)20-9-13(19)8-18-10-16-17-11-18/h4-7,10-11,13,19H,8-9H2,1-3H3. The highest BCUT2D eigenvalue weighted by atomic mass is 16.5. The van der Waals surface area contributed by atoms with Crippen LogP contribution in [0.25, 0.3) is 0 Å². The molecule has 20 heavy (non-hydrogen) atoms. The van der Waals surface area contributed by atoms with Crippen molar-refractivity contribution >= 4 is 0 Å². The zero-order valence-electron chi connectivity index (χ0n) is 12.2. The molecule has 2 rings (SSSR count). The Morgan fingerprint density at radius 3 is 2.30 bits per heavy atom. The Morgan fingerprint density at radius 1 is 1.15 bits per heavy atom. The van der Waals surface area contributed by atoms with Crippen LogP contribution >= 0.6 is 0 Å². The molecule has 1 unspecified atom stereocenters. The number of rotatable bonds is 5. The van der Waals surface area contributed by atoms with Gasteiger partial charge in [0.1, 0.15) is 31.1 Å². The Morgan fingerprint density at radius 2 is 1.75 bits per heavy atom. The first-order valence-corrected chi connectivity index (χ1v) is 6.69. The van der Waals surface area contributed by atoms with Crippen molar-refractivity contribution in [3.8, 4) is 5.75 Å². The summed E-state index contributed by atoms with van der Waals surface area (Å²) in [5, 5.41) is 17.2. The number of hydrogen-bond donors (Lipinski definition) is 1. The molecule has 0 saturated carbocycles. The van der Waals surface area contributed by atoms with E-state index in [1.165, 1.54) is 5.56 Å². The van der Waals surface area contributed by atoms with Gasteiger partial charge in [-0.3, -0.25) is 0 Å². The van der Waals surface area contributed by atoms with Gasteiger partial charge in [0.05, 0.1) is 6.54 Å². The Kier molecular flexibility index (Phi) is 4.39. The first-order valence-electron chi connectivity index (χ1n) is 6.69. The summed E-state index contributed by atoms with van der Waals surface area (Å²) < 4.78 is 7.30. The van der Waals surface area contributed by atoms with Gasteiger partial charge in [-0.2, -0.15) is 0 Å². The molecule has 0 aliphatic carbocycles. The summed E-state index contributed by atoms with van der Waals surface area (Å²) in [7, 11) is 0. The fourth-order valence-electron chi connectivity index (χ4n) is 1.86. The maximum atomic E-state index is 9.86. The van der Waals surface area contributed by atoms with Crippen molar-refractivity contribution in [1.82, 2.24) is 14.8 Å². The molecule has 0 spiro atoms. The molecule has 0 aliphatic heterocycles. The van der Waals surface area contributed by atoms with E-state index in [9.17, 15) is 5.11 Å². The second-order valence-corrected chi connectivity index (χ2v) is 5.90. The molecule has 1 atom stereocenters. The van der Waals surface area contributed by atoms with Gasteiger partial charge in [0.15, 0.2) is 0 Å². The summed E-state index contributed by atoms with van der Waals surface area (Å²) in [6.07, 6.45) is 2.55. The van der Waals surface area contributed by atoms with Crippen molar-refractivity contribution in [1.29, 1.82) is 0 Å². The number of aliphatic hydroxyl groups is 1. The zero-order valence-corrected chi connectivity index (χ0v) is 12.2. The predicted octanol–water partition coefficient (Wildman–Crippen LogP) is 2.02. The molecule has 0 aliphatic rings. The van der Waals surface area contributed by atoms with E-state index in [1.54, 1.807) is 17.2 Å². The van der Waals surface area contributed by atoms with Crippen LogP contribution in [0.5, 0.6) is 5.75 Å². The Labute approximate surface area is 119 Å². The van der Waals surface area contributed by atoms with Crippen molar-refractivity contribution in [2.75, 3.05) is 6.61 Å². The van der Waals surface area contributed by atoms with E-state index in [1.807, 2.05) is 12.1 Å². The summed E-state index contributed by atoms with van der Waals surface area (Å²) in [6, 6.07) is 7.99. The Balaban J connectivity index is 1.84. The minimum Gasteiger partial charge on any atom is -0.491 e. The SMILES string of the molecule is CC(C)(C)c1ccc(OCC(O)Cn2cnnc2)cc1. The molecule has 0 saturated heterocycles. The molecule has 1 aromatic heterocycles. The van der Waals surface area contributed by atoms with Crippen LogP contribution in [-0.2, 0) is 12.0 Å². The van der Waals surface area contributed by atoms with Crippen molar-refractivity contribution in [2.24, 2.45) is 0 Å². The molecule has 1 heterocycles. The second-order valence-electron chi connectivity index (χ2n) is 5.90. The van der Waals surface area contributed by atoms with E-state index in [0.29, 0.717) is 6.54 Å². The van der Waals surface area contributed by atoms with Crippen molar-refractivity contribution < 1.29 is 9.84 Å². The molecule has 0 radical (unpaired) electrons. The summed E-state index contributed by atoms with van der Waals surface area (Å²) in [4.78, 5) is 0. The van der Waals surface area contributed by atoms with Crippen LogP contribution in [0, 0.1) is 0 Å². The minimum absolute atomic E-state index is 0.131. The van der Waals surface area contributed by atoms with Gasteiger partial charge in [-0.1, -0.05) is 32.9 Å². The van der Waals surface area contributed by atoms with E-state index in [-0.39, 0.29) is 12.0 Å². The molecule has 5 heteroatoms. The summed E-state index contributed by atoms with van der Waals surface area (Å²) in [5.74, 6) is 0.765. The number of benzene rings is 1. The monoisotopic (exact) mass is 275 g/mol. The highest BCUT2D eigenvalue weighted by Gasteiger charge is 2.13. The quantitative estimate of drug-likeness (QED) is 0.907. The highest BCUT2D eigenvalue weighted by Crippen LogP contribution is 2.24. The molecule has 0 fully saturated rings. The third-order valence-corrected chi connectivity index (χ3v) is 3.05. The second kappa shape index (κ2) is 6.05. The minimum atomic E-state index is -0.590. The van der Waals surface area contributed by atoms with Crippen LogP contribution in [0.1, 0.15) is 26.3 Å². The van der Waals surface area contributed by atoms with Crippen LogP contribution in [-0.4, -0.2) is 32.6 Å². The van der Waals surface area contributed by atoms with Gasteiger partial charge in [-0.25, -0.2) is 0 Å². The van der Waals surface area contributed by atoms with Gasteiger partial charge in [0, 0.05) is 0 Å². The molecule has 0 bridgehead atoms. The van der Waals surface area contributed by atoms with Gasteiger partial charge in [0.25, 0.3) is 0 Å². The third-order valence-electron chi connectivity index (χ3n) is 3.05. The van der Waals surface area contributed by atoms with Gasteiger partial charge in [-0.15, -0.1) is 10.2 Å². The summed E-state index contributed by atoms with van der Waals surface area (Å²) >= 11 is 0. The van der Waals surface area contributed by atoms with Crippen LogP contribution in [0.3, 0.4) is 0 Å². The van der Waals surface area contributed by atoms with Crippen LogP contribution in [0.4, 0.5) is 0 Å². The predicted molar refractivity (Wildman–Crippen MR) is 76.7 cm³/mol. The van der Waals surface area contributed by atoms with Crippen LogP contribution in [0.15, 0.2) is 36.9 Å². The van der Waals surface area contributed by atoms with Crippen LogP contribution in [0.2, 0.25) is 0 Å². The average Bonchev–Trinajstić information content (AvgIpc) is 2.88. The largest absolute Gasteiger partial charge is 0.491 e. The molecule has 1 N–H and O–H groups in total. The molecule has 1 aromatic carbocycles. The zero-order chi connectivity index (χ0) is 14.6. The molecular formula is C15H21N3O2. The number of aliphatic hydroxyl groups excluding tert-OH is 1. The van der Waals surface area contributed by atoms with E-state index >= 15 is 0 Å². The van der Waals surface area contributed by atoms with E-state index in [4.69, 9.17) is 4.74 Å². The fraction of sp³-hybridized carbons (Fsp3) is 0.467. The Hall–Kier alpha value is -1.88. The van der Waals surface area contributed by atoms with E-state index < -0.39 is 6.10 Å². The lowest BCUT2D eigenvalue weighted by atomic mass is 9.87. The normalized spacial score (nSPS) is 13.2. The van der Waals surface area contributed by atoms with Crippen LogP contribution < -0.4 is 4.74 Å². The van der Waals surface area contributed by atoms with Gasteiger partial charge in [-0.05, 0) is 23.1 Å². The third kappa shape index (κ3) is 4.06. The summed E-state index contributed by atoms with van der Waals surface area (Å²) in [6.45, 7) is 7.18. The topological polar surface area (TPSA) is 60.2 Å².